The van der Waals surface area contributed by atoms with E-state index in [1.54, 1.807) is 6.07 Å². The van der Waals surface area contributed by atoms with Crippen LogP contribution in [0, 0.1) is 5.92 Å². The monoisotopic (exact) mass is 310 g/mol. The molecule has 1 aromatic rings. The molecule has 21 heavy (non-hydrogen) atoms. The fourth-order valence-corrected chi connectivity index (χ4v) is 2.20. The summed E-state index contributed by atoms with van der Waals surface area (Å²) < 4.78 is 0. The Bertz CT molecular complexity index is 478. The molecule has 118 valence electrons. The average Bonchev–Trinajstić information content (AvgIpc) is 2.36. The topological polar surface area (TPSA) is 42.0 Å². The van der Waals surface area contributed by atoms with Crippen LogP contribution in [0.1, 0.15) is 69.9 Å². The summed E-state index contributed by atoms with van der Waals surface area (Å²) in [6.45, 7) is 11.3. The molecule has 0 aliphatic heterocycles. The fourth-order valence-electron chi connectivity index (χ4n) is 1.99. The maximum Gasteiger partial charge on any atom is 0.251 e. The summed E-state index contributed by atoms with van der Waals surface area (Å²) in [5.41, 5.74) is 1.29. The van der Waals surface area contributed by atoms with Crippen LogP contribution in [0.15, 0.2) is 12.1 Å². The lowest BCUT2D eigenvalue weighted by Crippen LogP contribution is -2.25. The Balaban J connectivity index is 2.60. The van der Waals surface area contributed by atoms with Crippen LogP contribution >= 0.6 is 11.6 Å². The van der Waals surface area contributed by atoms with Gasteiger partial charge in [-0.3, -0.25) is 4.79 Å². The number of nitrogens with zero attached hydrogens (tertiary/aromatic N) is 1. The van der Waals surface area contributed by atoms with E-state index in [1.807, 2.05) is 6.07 Å². The predicted molar refractivity (Wildman–Crippen MR) is 89.0 cm³/mol. The zero-order valence-corrected chi connectivity index (χ0v) is 14.5. The Hall–Kier alpha value is -1.09. The van der Waals surface area contributed by atoms with Gasteiger partial charge in [-0.05, 0) is 24.5 Å². The van der Waals surface area contributed by atoms with E-state index >= 15 is 0 Å². The fraction of sp³-hybridized carbons (Fsp3) is 0.647. The van der Waals surface area contributed by atoms with Crippen molar-refractivity contribution >= 4 is 17.5 Å². The Morgan fingerprint density at radius 1 is 1.29 bits per heavy atom. The maximum atomic E-state index is 12.2. The van der Waals surface area contributed by atoms with Crippen LogP contribution in [0.4, 0.5) is 0 Å². The van der Waals surface area contributed by atoms with Crippen molar-refractivity contribution in [2.75, 3.05) is 6.54 Å². The lowest BCUT2D eigenvalue weighted by atomic mass is 9.91. The van der Waals surface area contributed by atoms with Crippen molar-refractivity contribution in [2.24, 2.45) is 5.92 Å². The molecule has 0 bridgehead atoms. The van der Waals surface area contributed by atoms with Gasteiger partial charge < -0.3 is 5.32 Å². The third-order valence-corrected chi connectivity index (χ3v) is 3.51. The van der Waals surface area contributed by atoms with E-state index in [0.717, 1.165) is 18.5 Å². The van der Waals surface area contributed by atoms with Crippen molar-refractivity contribution in [1.29, 1.82) is 0 Å². The second kappa shape index (κ2) is 7.79. The first kappa shape index (κ1) is 18.0. The normalized spacial score (nSPS) is 11.8. The molecular formula is C17H27ClN2O. The van der Waals surface area contributed by atoms with E-state index in [2.05, 4.69) is 44.9 Å². The third kappa shape index (κ3) is 6.47. The van der Waals surface area contributed by atoms with E-state index in [0.29, 0.717) is 23.2 Å². The van der Waals surface area contributed by atoms with E-state index in [9.17, 15) is 4.79 Å². The van der Waals surface area contributed by atoms with Gasteiger partial charge in [0.05, 0.1) is 0 Å². The number of aromatic nitrogens is 1. The van der Waals surface area contributed by atoms with E-state index in [-0.39, 0.29) is 11.3 Å². The molecule has 0 aromatic carbocycles. The molecule has 0 spiro atoms. The second-order valence-electron chi connectivity index (χ2n) is 6.96. The molecule has 1 heterocycles. The summed E-state index contributed by atoms with van der Waals surface area (Å²) in [7, 11) is 0. The average molecular weight is 311 g/mol. The molecule has 0 aliphatic rings. The Kier molecular flexibility index (Phi) is 6.66. The lowest BCUT2D eigenvalue weighted by Gasteiger charge is -2.18. The first-order valence-electron chi connectivity index (χ1n) is 7.66. The van der Waals surface area contributed by atoms with E-state index < -0.39 is 0 Å². The van der Waals surface area contributed by atoms with Gasteiger partial charge in [0.2, 0.25) is 0 Å². The zero-order chi connectivity index (χ0) is 16.0. The van der Waals surface area contributed by atoms with Crippen LogP contribution in [0.5, 0.6) is 0 Å². The Morgan fingerprint density at radius 2 is 1.95 bits per heavy atom. The predicted octanol–water partition coefficient (Wildman–Crippen LogP) is 4.59. The molecule has 0 atom stereocenters. The second-order valence-corrected chi connectivity index (χ2v) is 7.35. The highest BCUT2D eigenvalue weighted by molar-refractivity contribution is 6.29. The summed E-state index contributed by atoms with van der Waals surface area (Å²) in [6.07, 6.45) is 3.35. The Labute approximate surface area is 133 Å². The van der Waals surface area contributed by atoms with Gasteiger partial charge >= 0.3 is 0 Å². The van der Waals surface area contributed by atoms with Gasteiger partial charge in [-0.1, -0.05) is 59.1 Å². The largest absolute Gasteiger partial charge is 0.352 e. The molecule has 3 nitrogen and oxygen atoms in total. The number of carbonyl (C=O) groups excluding carboxylic acids is 1. The molecule has 0 unspecified atom stereocenters. The van der Waals surface area contributed by atoms with Crippen molar-refractivity contribution in [1.82, 2.24) is 10.3 Å². The highest BCUT2D eigenvalue weighted by Crippen LogP contribution is 2.23. The summed E-state index contributed by atoms with van der Waals surface area (Å²) in [5, 5.41) is 3.32. The SMILES string of the molecule is CC(C)CCCCNC(=O)c1cc(Cl)nc(C(C)(C)C)c1. The maximum absolute atomic E-state index is 12.2. The summed E-state index contributed by atoms with van der Waals surface area (Å²) in [5.74, 6) is 0.642. The summed E-state index contributed by atoms with van der Waals surface area (Å²) in [6, 6.07) is 3.45. The molecule has 0 radical (unpaired) electrons. The molecule has 0 fully saturated rings. The number of pyridine rings is 1. The number of amides is 1. The molecule has 0 saturated heterocycles. The number of unbranched alkanes of at least 4 members (excludes halogenated alkanes) is 1. The highest BCUT2D eigenvalue weighted by Gasteiger charge is 2.18. The zero-order valence-electron chi connectivity index (χ0n) is 13.8. The van der Waals surface area contributed by atoms with Crippen molar-refractivity contribution in [3.05, 3.63) is 28.5 Å². The molecule has 0 saturated carbocycles. The van der Waals surface area contributed by atoms with E-state index in [1.165, 1.54) is 6.42 Å². The van der Waals surface area contributed by atoms with Crippen LogP contribution in [0.25, 0.3) is 0 Å². The van der Waals surface area contributed by atoms with Gasteiger partial charge in [0.1, 0.15) is 5.15 Å². The number of hydrogen-bond donors (Lipinski definition) is 1. The van der Waals surface area contributed by atoms with Crippen molar-refractivity contribution in [3.8, 4) is 0 Å². The molecule has 1 rings (SSSR count). The molecule has 1 amide bonds. The van der Waals surface area contributed by atoms with Crippen LogP contribution in [-0.2, 0) is 5.41 Å². The molecular weight excluding hydrogens is 284 g/mol. The third-order valence-electron chi connectivity index (χ3n) is 3.32. The molecule has 4 heteroatoms. The van der Waals surface area contributed by atoms with Gasteiger partial charge in [0, 0.05) is 23.2 Å². The summed E-state index contributed by atoms with van der Waals surface area (Å²) >= 11 is 6.03. The molecule has 1 aromatic heterocycles. The molecule has 1 N–H and O–H groups in total. The van der Waals surface area contributed by atoms with Crippen LogP contribution in [-0.4, -0.2) is 17.4 Å². The molecule has 0 aliphatic carbocycles. The van der Waals surface area contributed by atoms with Gasteiger partial charge in [-0.15, -0.1) is 0 Å². The van der Waals surface area contributed by atoms with Crippen LogP contribution < -0.4 is 5.32 Å². The Morgan fingerprint density at radius 3 is 2.52 bits per heavy atom. The number of hydrogen-bond acceptors (Lipinski definition) is 2. The highest BCUT2D eigenvalue weighted by atomic mass is 35.5. The van der Waals surface area contributed by atoms with Crippen molar-refractivity contribution < 1.29 is 4.79 Å². The first-order chi connectivity index (χ1) is 9.70. The van der Waals surface area contributed by atoms with Crippen LogP contribution in [0.3, 0.4) is 0 Å². The lowest BCUT2D eigenvalue weighted by molar-refractivity contribution is 0.0952. The first-order valence-corrected chi connectivity index (χ1v) is 8.04. The number of nitrogens with one attached hydrogen (secondary N) is 1. The minimum Gasteiger partial charge on any atom is -0.352 e. The van der Waals surface area contributed by atoms with Crippen LogP contribution in [0.2, 0.25) is 5.15 Å². The number of rotatable bonds is 6. The van der Waals surface area contributed by atoms with Gasteiger partial charge in [0.15, 0.2) is 0 Å². The standard InChI is InChI=1S/C17H27ClN2O/c1-12(2)8-6-7-9-19-16(21)13-10-14(17(3,4)5)20-15(18)11-13/h10-12H,6-9H2,1-5H3,(H,19,21). The van der Waals surface area contributed by atoms with E-state index in [4.69, 9.17) is 11.6 Å². The van der Waals surface area contributed by atoms with Gasteiger partial charge in [0.25, 0.3) is 5.91 Å². The van der Waals surface area contributed by atoms with Crippen molar-refractivity contribution in [2.45, 2.75) is 59.3 Å². The van der Waals surface area contributed by atoms with Gasteiger partial charge in [-0.25, -0.2) is 4.98 Å². The number of carbonyl (C=O) groups is 1. The minimum atomic E-state index is -0.128. The van der Waals surface area contributed by atoms with Gasteiger partial charge in [-0.2, -0.15) is 0 Å². The summed E-state index contributed by atoms with van der Waals surface area (Å²) in [4.78, 5) is 16.5. The number of halogens is 1. The quantitative estimate of drug-likeness (QED) is 0.617. The minimum absolute atomic E-state index is 0.0747. The van der Waals surface area contributed by atoms with Crippen molar-refractivity contribution in [3.63, 3.8) is 0 Å². The smallest absolute Gasteiger partial charge is 0.251 e.